The molecule has 0 fully saturated rings. The van der Waals surface area contributed by atoms with Gasteiger partial charge in [-0.05, 0) is 36.6 Å². The molecule has 0 aliphatic heterocycles. The maximum Gasteiger partial charge on any atom is 0.329 e. The Labute approximate surface area is 172 Å². The minimum Gasteiger partial charge on any atom is -0.459 e. The summed E-state index contributed by atoms with van der Waals surface area (Å²) in [6.45, 7) is 5.04. The average Bonchev–Trinajstić information content (AvgIpc) is 3.35. The lowest BCUT2D eigenvalue weighted by Crippen LogP contribution is -2.45. The number of esters is 1. The van der Waals surface area contributed by atoms with Crippen molar-refractivity contribution >= 4 is 34.9 Å². The van der Waals surface area contributed by atoms with E-state index in [9.17, 15) is 19.2 Å². The second-order valence-electron chi connectivity index (χ2n) is 6.70. The van der Waals surface area contributed by atoms with Gasteiger partial charge in [-0.2, -0.15) is 0 Å². The number of carbonyl (C=O) groups excluding carboxylic acids is 4. The van der Waals surface area contributed by atoms with Crippen molar-refractivity contribution in [3.05, 3.63) is 46.0 Å². The Morgan fingerprint density at radius 1 is 1.17 bits per heavy atom. The highest BCUT2D eigenvalue weighted by atomic mass is 32.1. The van der Waals surface area contributed by atoms with Gasteiger partial charge in [-0.3, -0.25) is 14.4 Å². The minimum absolute atomic E-state index is 0.0879. The maximum atomic E-state index is 12.4. The number of thiophene rings is 1. The molecule has 9 heteroatoms. The molecule has 0 aliphatic carbocycles. The van der Waals surface area contributed by atoms with Gasteiger partial charge in [0.25, 0.3) is 5.91 Å². The second kappa shape index (κ2) is 10.6. The van der Waals surface area contributed by atoms with Crippen LogP contribution >= 0.6 is 11.3 Å². The molecule has 2 rings (SSSR count). The summed E-state index contributed by atoms with van der Waals surface area (Å²) in [6, 6.07) is 5.63. The number of Topliss-reactive ketones (excluding diaryl/α,β-unsaturated/α-hetero) is 1. The smallest absolute Gasteiger partial charge is 0.329 e. The first-order chi connectivity index (χ1) is 13.8. The topological polar surface area (TPSA) is 115 Å². The first-order valence-electron chi connectivity index (χ1n) is 9.15. The molecule has 0 radical (unpaired) electrons. The van der Waals surface area contributed by atoms with Crippen LogP contribution in [-0.2, 0) is 20.7 Å². The molecule has 156 valence electrons. The van der Waals surface area contributed by atoms with E-state index in [0.29, 0.717) is 17.8 Å². The van der Waals surface area contributed by atoms with Crippen molar-refractivity contribution in [3.63, 3.8) is 0 Å². The van der Waals surface area contributed by atoms with E-state index in [1.807, 2.05) is 6.07 Å². The number of furan rings is 1. The van der Waals surface area contributed by atoms with E-state index in [-0.39, 0.29) is 23.4 Å². The predicted molar refractivity (Wildman–Crippen MR) is 107 cm³/mol. The number of carbonyl (C=O) groups is 4. The summed E-state index contributed by atoms with van der Waals surface area (Å²) in [5.41, 5.74) is 0. The molecule has 29 heavy (non-hydrogen) atoms. The van der Waals surface area contributed by atoms with Crippen LogP contribution in [0.1, 0.15) is 45.9 Å². The summed E-state index contributed by atoms with van der Waals surface area (Å²) in [5.74, 6) is -1.80. The zero-order valence-corrected chi connectivity index (χ0v) is 17.3. The summed E-state index contributed by atoms with van der Waals surface area (Å²) in [7, 11) is 0. The first-order valence-corrected chi connectivity index (χ1v) is 9.97. The van der Waals surface area contributed by atoms with Gasteiger partial charge in [-0.25, -0.2) is 4.79 Å². The van der Waals surface area contributed by atoms with E-state index >= 15 is 0 Å². The van der Waals surface area contributed by atoms with Crippen LogP contribution in [0.4, 0.5) is 0 Å². The van der Waals surface area contributed by atoms with Crippen LogP contribution in [0, 0.1) is 5.92 Å². The molecule has 1 atom stereocenters. The Bertz CT molecular complexity index is 856. The molecule has 0 saturated carbocycles. The number of hydrogen-bond acceptors (Lipinski definition) is 7. The molecule has 2 aromatic rings. The molecule has 2 heterocycles. The summed E-state index contributed by atoms with van der Waals surface area (Å²) in [5, 5.41) is 5.26. The number of amides is 2. The minimum atomic E-state index is -0.906. The summed E-state index contributed by atoms with van der Waals surface area (Å²) < 4.78 is 10.2. The van der Waals surface area contributed by atoms with Crippen LogP contribution in [0.25, 0.3) is 0 Å². The normalized spacial score (nSPS) is 11.7. The molecule has 0 unspecified atom stereocenters. The highest BCUT2D eigenvalue weighted by molar-refractivity contribution is 7.14. The number of ether oxygens (including phenoxy) is 1. The molecule has 8 nitrogen and oxygen atoms in total. The molecule has 0 aromatic carbocycles. The molecular formula is C20H24N2O6S. The molecule has 0 aliphatic rings. The molecule has 0 spiro atoms. The lowest BCUT2D eigenvalue weighted by atomic mass is 10.0. The van der Waals surface area contributed by atoms with E-state index in [1.165, 1.54) is 30.6 Å². The Balaban J connectivity index is 1.87. The van der Waals surface area contributed by atoms with Crippen molar-refractivity contribution in [1.82, 2.24) is 10.6 Å². The van der Waals surface area contributed by atoms with Crippen molar-refractivity contribution in [2.75, 3.05) is 13.2 Å². The zero-order valence-electron chi connectivity index (χ0n) is 16.5. The molecule has 0 bridgehead atoms. The van der Waals surface area contributed by atoms with Crippen LogP contribution < -0.4 is 10.6 Å². The second-order valence-corrected chi connectivity index (χ2v) is 7.87. The van der Waals surface area contributed by atoms with Crippen molar-refractivity contribution < 1.29 is 28.3 Å². The average molecular weight is 420 g/mol. The van der Waals surface area contributed by atoms with E-state index in [0.717, 1.165) is 4.88 Å². The van der Waals surface area contributed by atoms with E-state index in [1.54, 1.807) is 26.0 Å². The standard InChI is InChI=1S/C20H24N2O6S/c1-12(2)18(22-19(25)16-5-4-10-27-16)20(26)28-11-15(24)17-7-6-14(29-17)8-9-21-13(3)23/h4-7,10,12,18H,8-9,11H2,1-3H3,(H,21,23)(H,22,25)/t18-/m0/s1. The number of ketones is 1. The van der Waals surface area contributed by atoms with Gasteiger partial charge in [0.05, 0.1) is 11.1 Å². The summed E-state index contributed by atoms with van der Waals surface area (Å²) in [6.07, 6.45) is 1.98. The number of rotatable bonds is 10. The molecular weight excluding hydrogens is 396 g/mol. The Morgan fingerprint density at radius 3 is 2.55 bits per heavy atom. The quantitative estimate of drug-likeness (QED) is 0.450. The Hall–Kier alpha value is -2.94. The third kappa shape index (κ3) is 6.86. The van der Waals surface area contributed by atoms with Gasteiger partial charge in [0, 0.05) is 18.3 Å². The van der Waals surface area contributed by atoms with E-state index in [2.05, 4.69) is 10.6 Å². The van der Waals surface area contributed by atoms with Gasteiger partial charge >= 0.3 is 5.97 Å². The first kappa shape index (κ1) is 22.4. The molecule has 2 aromatic heterocycles. The fourth-order valence-corrected chi connectivity index (χ4v) is 3.37. The number of nitrogens with one attached hydrogen (secondary N) is 2. The molecule has 2 amide bonds. The van der Waals surface area contributed by atoms with Crippen LogP contribution in [0.5, 0.6) is 0 Å². The van der Waals surface area contributed by atoms with Gasteiger partial charge in [-0.1, -0.05) is 13.8 Å². The zero-order chi connectivity index (χ0) is 21.4. The molecule has 0 saturated heterocycles. The fourth-order valence-electron chi connectivity index (χ4n) is 2.44. The fraction of sp³-hybridized carbons (Fsp3) is 0.400. The van der Waals surface area contributed by atoms with Gasteiger partial charge in [0.1, 0.15) is 6.04 Å². The Kier molecular flexibility index (Phi) is 8.14. The van der Waals surface area contributed by atoms with Gasteiger partial charge in [0.2, 0.25) is 11.7 Å². The van der Waals surface area contributed by atoms with Crippen molar-refractivity contribution in [3.8, 4) is 0 Å². The lowest BCUT2D eigenvalue weighted by molar-refractivity contribution is -0.146. The maximum absolute atomic E-state index is 12.4. The SMILES string of the molecule is CC(=O)NCCc1ccc(C(=O)COC(=O)[C@@H](NC(=O)c2ccco2)C(C)C)s1. The van der Waals surface area contributed by atoms with Crippen LogP contribution in [-0.4, -0.2) is 42.8 Å². The third-order valence-corrected chi connectivity index (χ3v) is 5.17. The highest BCUT2D eigenvalue weighted by Gasteiger charge is 2.27. The van der Waals surface area contributed by atoms with Crippen LogP contribution in [0.2, 0.25) is 0 Å². The monoisotopic (exact) mass is 420 g/mol. The number of hydrogen-bond donors (Lipinski definition) is 2. The van der Waals surface area contributed by atoms with Gasteiger partial charge in [0.15, 0.2) is 12.4 Å². The Morgan fingerprint density at radius 2 is 1.93 bits per heavy atom. The largest absolute Gasteiger partial charge is 0.459 e. The third-order valence-electron chi connectivity index (χ3n) is 3.98. The predicted octanol–water partition coefficient (Wildman–Crippen LogP) is 2.20. The lowest BCUT2D eigenvalue weighted by Gasteiger charge is -2.20. The van der Waals surface area contributed by atoms with Gasteiger partial charge < -0.3 is 19.8 Å². The summed E-state index contributed by atoms with van der Waals surface area (Å²) in [4.78, 5) is 49.1. The highest BCUT2D eigenvalue weighted by Crippen LogP contribution is 2.18. The summed E-state index contributed by atoms with van der Waals surface area (Å²) >= 11 is 1.29. The van der Waals surface area contributed by atoms with Crippen LogP contribution in [0.15, 0.2) is 34.9 Å². The van der Waals surface area contributed by atoms with Crippen molar-refractivity contribution in [1.29, 1.82) is 0 Å². The van der Waals surface area contributed by atoms with Crippen molar-refractivity contribution in [2.24, 2.45) is 5.92 Å². The molecule has 2 N–H and O–H groups in total. The van der Waals surface area contributed by atoms with Gasteiger partial charge in [-0.15, -0.1) is 11.3 Å². The van der Waals surface area contributed by atoms with E-state index < -0.39 is 24.5 Å². The van der Waals surface area contributed by atoms with Crippen molar-refractivity contribution in [2.45, 2.75) is 33.2 Å². The van der Waals surface area contributed by atoms with Crippen LogP contribution in [0.3, 0.4) is 0 Å². The van der Waals surface area contributed by atoms with E-state index in [4.69, 9.17) is 9.15 Å².